The molecule has 0 amide bonds. The van der Waals surface area contributed by atoms with E-state index in [2.05, 4.69) is 15.9 Å². The quantitative estimate of drug-likeness (QED) is 0.925. The van der Waals surface area contributed by atoms with Crippen molar-refractivity contribution in [2.24, 2.45) is 0 Å². The number of rotatable bonds is 4. The molecule has 4 heteroatoms. The van der Waals surface area contributed by atoms with Gasteiger partial charge in [-0.15, -0.1) is 0 Å². The van der Waals surface area contributed by atoms with Crippen LogP contribution in [0.3, 0.4) is 0 Å². The summed E-state index contributed by atoms with van der Waals surface area (Å²) in [4.78, 5) is 0. The van der Waals surface area contributed by atoms with Gasteiger partial charge in [0.1, 0.15) is 5.82 Å². The predicted octanol–water partition coefficient (Wildman–Crippen LogP) is 3.31. The fraction of sp³-hybridized carbons (Fsp3) is 0.538. The van der Waals surface area contributed by atoms with Gasteiger partial charge in [-0.2, -0.15) is 0 Å². The zero-order chi connectivity index (χ0) is 13.1. The topological polar surface area (TPSA) is 29.5 Å². The van der Waals surface area contributed by atoms with E-state index in [4.69, 9.17) is 4.74 Å². The summed E-state index contributed by atoms with van der Waals surface area (Å²) in [7, 11) is 0. The maximum Gasteiger partial charge on any atom is 0.137 e. The summed E-state index contributed by atoms with van der Waals surface area (Å²) in [6, 6.07) is 4.73. The summed E-state index contributed by atoms with van der Waals surface area (Å²) in [5.74, 6) is -0.297. The minimum absolute atomic E-state index is 0.260. The fourth-order valence-electron chi connectivity index (χ4n) is 1.34. The summed E-state index contributed by atoms with van der Waals surface area (Å²) in [6.07, 6.45) is -0.124. The second-order valence-corrected chi connectivity index (χ2v) is 5.88. The fourth-order valence-corrected chi connectivity index (χ4v) is 1.77. The molecule has 17 heavy (non-hydrogen) atoms. The highest BCUT2D eigenvalue weighted by molar-refractivity contribution is 9.10. The van der Waals surface area contributed by atoms with E-state index >= 15 is 0 Å². The van der Waals surface area contributed by atoms with Crippen molar-refractivity contribution in [1.29, 1.82) is 0 Å². The van der Waals surface area contributed by atoms with Crippen LogP contribution in [-0.4, -0.2) is 23.4 Å². The minimum atomic E-state index is -0.577. The van der Waals surface area contributed by atoms with E-state index in [-0.39, 0.29) is 18.0 Å². The molecular weight excluding hydrogens is 287 g/mol. The van der Waals surface area contributed by atoms with Gasteiger partial charge in [0.05, 0.1) is 22.8 Å². The lowest BCUT2D eigenvalue weighted by molar-refractivity contribution is -0.0482. The van der Waals surface area contributed by atoms with Crippen molar-refractivity contribution in [3.8, 4) is 0 Å². The van der Waals surface area contributed by atoms with E-state index < -0.39 is 6.10 Å². The highest BCUT2D eigenvalue weighted by atomic mass is 79.9. The van der Waals surface area contributed by atoms with Crippen molar-refractivity contribution < 1.29 is 14.2 Å². The van der Waals surface area contributed by atoms with Crippen LogP contribution in [0, 0.1) is 5.82 Å². The molecule has 0 radical (unpaired) electrons. The lowest BCUT2D eigenvalue weighted by Crippen LogP contribution is -2.27. The number of ether oxygens (including phenoxy) is 1. The molecule has 0 saturated carbocycles. The van der Waals surface area contributed by atoms with Crippen LogP contribution < -0.4 is 0 Å². The molecular formula is C13H18BrFO2. The molecule has 0 bridgehead atoms. The molecule has 0 aliphatic carbocycles. The van der Waals surface area contributed by atoms with Crippen LogP contribution in [0.25, 0.3) is 0 Å². The van der Waals surface area contributed by atoms with Gasteiger partial charge < -0.3 is 9.84 Å². The summed E-state index contributed by atoms with van der Waals surface area (Å²) in [6.45, 7) is 6.09. The average molecular weight is 305 g/mol. The SMILES string of the molecule is CC(C)(C)OCC(O)Cc1ccc(F)c(Br)c1. The Morgan fingerprint density at radius 3 is 2.59 bits per heavy atom. The van der Waals surface area contributed by atoms with Crippen molar-refractivity contribution in [2.75, 3.05) is 6.61 Å². The number of benzene rings is 1. The van der Waals surface area contributed by atoms with Crippen molar-refractivity contribution in [1.82, 2.24) is 0 Å². The first-order chi connectivity index (χ1) is 7.78. The molecule has 1 atom stereocenters. The summed E-state index contributed by atoms with van der Waals surface area (Å²) < 4.78 is 18.9. The predicted molar refractivity (Wildman–Crippen MR) is 69.5 cm³/mol. The first-order valence-corrected chi connectivity index (χ1v) is 6.33. The molecule has 0 aromatic heterocycles. The van der Waals surface area contributed by atoms with Crippen LogP contribution >= 0.6 is 15.9 Å². The van der Waals surface area contributed by atoms with Crippen LogP contribution in [0.5, 0.6) is 0 Å². The average Bonchev–Trinajstić information content (AvgIpc) is 2.20. The molecule has 0 aliphatic rings. The van der Waals surface area contributed by atoms with E-state index in [1.54, 1.807) is 12.1 Å². The number of aliphatic hydroxyl groups excluding tert-OH is 1. The summed E-state index contributed by atoms with van der Waals surface area (Å²) in [5, 5.41) is 9.79. The number of hydrogen-bond donors (Lipinski definition) is 1. The van der Waals surface area contributed by atoms with Crippen LogP contribution in [0.2, 0.25) is 0 Å². The van der Waals surface area contributed by atoms with E-state index in [0.717, 1.165) is 5.56 Å². The second-order valence-electron chi connectivity index (χ2n) is 5.03. The van der Waals surface area contributed by atoms with Crippen LogP contribution in [-0.2, 0) is 11.2 Å². The Morgan fingerprint density at radius 1 is 1.41 bits per heavy atom. The van der Waals surface area contributed by atoms with Crippen LogP contribution in [0.15, 0.2) is 22.7 Å². The molecule has 0 heterocycles. The molecule has 96 valence electrons. The number of aliphatic hydroxyl groups is 1. The smallest absolute Gasteiger partial charge is 0.137 e. The Labute approximate surface area is 110 Å². The zero-order valence-electron chi connectivity index (χ0n) is 10.3. The van der Waals surface area contributed by atoms with Gasteiger partial charge >= 0.3 is 0 Å². The lowest BCUT2D eigenvalue weighted by Gasteiger charge is -2.22. The Morgan fingerprint density at radius 2 is 2.06 bits per heavy atom. The highest BCUT2D eigenvalue weighted by Crippen LogP contribution is 2.18. The summed E-state index contributed by atoms with van der Waals surface area (Å²) in [5.41, 5.74) is 0.618. The van der Waals surface area contributed by atoms with Gasteiger partial charge in [0.2, 0.25) is 0 Å². The number of halogens is 2. The van der Waals surface area contributed by atoms with E-state index in [1.807, 2.05) is 20.8 Å². The van der Waals surface area contributed by atoms with Crippen molar-refractivity contribution in [3.63, 3.8) is 0 Å². The van der Waals surface area contributed by atoms with Gasteiger partial charge in [-0.1, -0.05) is 6.07 Å². The minimum Gasteiger partial charge on any atom is -0.390 e. The van der Waals surface area contributed by atoms with Gasteiger partial charge in [-0.3, -0.25) is 0 Å². The van der Waals surface area contributed by atoms with Crippen molar-refractivity contribution in [2.45, 2.75) is 38.9 Å². The highest BCUT2D eigenvalue weighted by Gasteiger charge is 2.14. The van der Waals surface area contributed by atoms with Crippen LogP contribution in [0.1, 0.15) is 26.3 Å². The Hall–Kier alpha value is -0.450. The van der Waals surface area contributed by atoms with Crippen LogP contribution in [0.4, 0.5) is 4.39 Å². The first-order valence-electron chi connectivity index (χ1n) is 5.54. The third-order valence-electron chi connectivity index (χ3n) is 2.16. The molecule has 0 spiro atoms. The van der Waals surface area contributed by atoms with Crippen molar-refractivity contribution in [3.05, 3.63) is 34.1 Å². The third kappa shape index (κ3) is 5.61. The maximum atomic E-state index is 13.0. The number of hydrogen-bond acceptors (Lipinski definition) is 2. The molecule has 1 aromatic rings. The zero-order valence-corrected chi connectivity index (χ0v) is 11.9. The Balaban J connectivity index is 2.50. The van der Waals surface area contributed by atoms with Gasteiger partial charge in [0.15, 0.2) is 0 Å². The van der Waals surface area contributed by atoms with Crippen molar-refractivity contribution >= 4 is 15.9 Å². The lowest BCUT2D eigenvalue weighted by atomic mass is 10.1. The molecule has 0 fully saturated rings. The molecule has 1 N–H and O–H groups in total. The second kappa shape index (κ2) is 5.94. The molecule has 2 nitrogen and oxygen atoms in total. The molecule has 0 aliphatic heterocycles. The van der Waals surface area contributed by atoms with E-state index in [0.29, 0.717) is 10.9 Å². The van der Waals surface area contributed by atoms with E-state index in [1.165, 1.54) is 6.07 Å². The first kappa shape index (κ1) is 14.6. The van der Waals surface area contributed by atoms with Gasteiger partial charge in [-0.05, 0) is 54.4 Å². The Bertz CT molecular complexity index is 374. The maximum absolute atomic E-state index is 13.0. The van der Waals surface area contributed by atoms with E-state index in [9.17, 15) is 9.50 Å². The standard InChI is InChI=1S/C13H18BrFO2/c1-13(2,3)17-8-10(16)6-9-4-5-12(15)11(14)7-9/h4-5,7,10,16H,6,8H2,1-3H3. The largest absolute Gasteiger partial charge is 0.390 e. The molecule has 1 aromatic carbocycles. The third-order valence-corrected chi connectivity index (χ3v) is 2.77. The molecule has 1 unspecified atom stereocenters. The summed E-state index contributed by atoms with van der Waals surface area (Å²) >= 11 is 3.12. The normalized spacial score (nSPS) is 13.8. The monoisotopic (exact) mass is 304 g/mol. The van der Waals surface area contributed by atoms with Gasteiger partial charge in [0.25, 0.3) is 0 Å². The Kier molecular flexibility index (Phi) is 5.10. The van der Waals surface area contributed by atoms with Gasteiger partial charge in [0, 0.05) is 6.42 Å². The van der Waals surface area contributed by atoms with Gasteiger partial charge in [-0.25, -0.2) is 4.39 Å². The molecule has 1 rings (SSSR count). The molecule has 0 saturated heterocycles.